The van der Waals surface area contributed by atoms with E-state index in [9.17, 15) is 4.79 Å². The molecule has 0 aliphatic carbocycles. The summed E-state index contributed by atoms with van der Waals surface area (Å²) in [5.41, 5.74) is 1.67. The monoisotopic (exact) mass is 312 g/mol. The summed E-state index contributed by atoms with van der Waals surface area (Å²) in [5.74, 6) is -0.130. The van der Waals surface area contributed by atoms with Gasteiger partial charge < -0.3 is 15.4 Å². The van der Waals surface area contributed by atoms with Crippen molar-refractivity contribution in [3.05, 3.63) is 28.2 Å². The van der Waals surface area contributed by atoms with Gasteiger partial charge in [0.2, 0.25) is 5.91 Å². The van der Waals surface area contributed by atoms with Crippen LogP contribution in [0.3, 0.4) is 0 Å². The number of amides is 1. The lowest BCUT2D eigenvalue weighted by Crippen LogP contribution is -2.59. The van der Waals surface area contributed by atoms with E-state index in [0.29, 0.717) is 0 Å². The molecule has 0 aromatic heterocycles. The second kappa shape index (κ2) is 5.38. The molecule has 1 heterocycles. The number of ether oxygens (including phenoxy) is 1. The average molecular weight is 313 g/mol. The van der Waals surface area contributed by atoms with E-state index in [1.54, 1.807) is 0 Å². The van der Waals surface area contributed by atoms with Crippen LogP contribution in [0.5, 0.6) is 0 Å². The molecular weight excluding hydrogens is 296 g/mol. The molecule has 1 aliphatic rings. The highest BCUT2D eigenvalue weighted by atomic mass is 79.9. The molecule has 0 atom stereocenters. The van der Waals surface area contributed by atoms with Crippen LogP contribution in [0.1, 0.15) is 12.5 Å². The van der Waals surface area contributed by atoms with Gasteiger partial charge in [0.15, 0.2) is 0 Å². The van der Waals surface area contributed by atoms with E-state index in [2.05, 4.69) is 26.6 Å². The molecule has 0 unspecified atom stereocenters. The molecule has 1 aromatic carbocycles. The van der Waals surface area contributed by atoms with Gasteiger partial charge in [-0.15, -0.1) is 0 Å². The number of anilines is 1. The second-order valence-electron chi connectivity index (χ2n) is 4.83. The summed E-state index contributed by atoms with van der Waals surface area (Å²) in [7, 11) is 0. The minimum Gasteiger partial charge on any atom is -0.363 e. The fourth-order valence-electron chi connectivity index (χ4n) is 1.75. The molecule has 1 saturated heterocycles. The Bertz CT molecular complexity index is 458. The Kier molecular flexibility index (Phi) is 4.04. The van der Waals surface area contributed by atoms with Crippen LogP contribution in [0.2, 0.25) is 0 Å². The van der Waals surface area contributed by atoms with Gasteiger partial charge in [0.05, 0.1) is 11.3 Å². The predicted molar refractivity (Wildman–Crippen MR) is 74.7 cm³/mol. The number of halogens is 1. The standard InChI is InChI=1S/C13H17BrN2O2/c1-9-4-3-5-10(12(9)14)16-11(17)6-18-13(2)7-15-8-13/h3-5,15H,6-8H2,1-2H3,(H,16,17). The van der Waals surface area contributed by atoms with E-state index >= 15 is 0 Å². The third kappa shape index (κ3) is 3.10. The van der Waals surface area contributed by atoms with Crippen molar-refractivity contribution in [1.82, 2.24) is 5.32 Å². The Morgan fingerprint density at radius 3 is 2.89 bits per heavy atom. The summed E-state index contributed by atoms with van der Waals surface area (Å²) in [6, 6.07) is 5.76. The summed E-state index contributed by atoms with van der Waals surface area (Å²) < 4.78 is 6.49. The van der Waals surface area contributed by atoms with Gasteiger partial charge >= 0.3 is 0 Å². The lowest BCUT2D eigenvalue weighted by atomic mass is 10.0. The van der Waals surface area contributed by atoms with Gasteiger partial charge in [0, 0.05) is 17.6 Å². The van der Waals surface area contributed by atoms with Crippen molar-refractivity contribution >= 4 is 27.5 Å². The third-order valence-corrected chi connectivity index (χ3v) is 4.07. The van der Waals surface area contributed by atoms with Crippen molar-refractivity contribution in [2.24, 2.45) is 0 Å². The zero-order valence-corrected chi connectivity index (χ0v) is 12.1. The zero-order valence-electron chi connectivity index (χ0n) is 10.5. The number of aryl methyl sites for hydroxylation is 1. The number of rotatable bonds is 4. The molecule has 1 aliphatic heterocycles. The van der Waals surface area contributed by atoms with E-state index in [-0.39, 0.29) is 18.1 Å². The molecule has 2 N–H and O–H groups in total. The number of carbonyl (C=O) groups is 1. The normalized spacial score (nSPS) is 17.1. The number of benzene rings is 1. The van der Waals surface area contributed by atoms with Crippen LogP contribution in [0.25, 0.3) is 0 Å². The minimum absolute atomic E-state index is 0.0819. The number of carbonyl (C=O) groups excluding carboxylic acids is 1. The molecule has 0 bridgehead atoms. The lowest BCUT2D eigenvalue weighted by molar-refractivity contribution is -0.130. The minimum atomic E-state index is -0.193. The molecule has 98 valence electrons. The van der Waals surface area contributed by atoms with Crippen LogP contribution in [0.15, 0.2) is 22.7 Å². The first-order chi connectivity index (χ1) is 8.50. The summed E-state index contributed by atoms with van der Waals surface area (Å²) in [6.07, 6.45) is 0. The van der Waals surface area contributed by atoms with Crippen molar-refractivity contribution in [2.45, 2.75) is 19.4 Å². The Morgan fingerprint density at radius 2 is 2.28 bits per heavy atom. The molecule has 5 heteroatoms. The van der Waals surface area contributed by atoms with Crippen LogP contribution in [0.4, 0.5) is 5.69 Å². The fourth-order valence-corrected chi connectivity index (χ4v) is 2.11. The van der Waals surface area contributed by atoms with E-state index < -0.39 is 0 Å². The molecule has 1 amide bonds. The second-order valence-corrected chi connectivity index (χ2v) is 5.62. The first-order valence-electron chi connectivity index (χ1n) is 5.90. The maximum Gasteiger partial charge on any atom is 0.250 e. The molecule has 4 nitrogen and oxygen atoms in total. The third-order valence-electron chi connectivity index (χ3n) is 3.02. The fraction of sp³-hybridized carbons (Fsp3) is 0.462. The van der Waals surface area contributed by atoms with Crippen molar-refractivity contribution in [1.29, 1.82) is 0 Å². The van der Waals surface area contributed by atoms with Crippen molar-refractivity contribution in [2.75, 3.05) is 25.0 Å². The van der Waals surface area contributed by atoms with Crippen molar-refractivity contribution in [3.63, 3.8) is 0 Å². The van der Waals surface area contributed by atoms with E-state index in [1.165, 1.54) is 0 Å². The molecule has 0 radical (unpaired) electrons. The van der Waals surface area contributed by atoms with Crippen LogP contribution < -0.4 is 10.6 Å². The highest BCUT2D eigenvalue weighted by molar-refractivity contribution is 9.10. The Hall–Kier alpha value is -0.910. The maximum absolute atomic E-state index is 11.8. The molecule has 0 saturated carbocycles. The number of hydrogen-bond donors (Lipinski definition) is 2. The zero-order chi connectivity index (χ0) is 13.2. The van der Waals surface area contributed by atoms with Gasteiger partial charge in [-0.1, -0.05) is 12.1 Å². The van der Waals surface area contributed by atoms with Crippen LogP contribution in [0, 0.1) is 6.92 Å². The molecule has 2 rings (SSSR count). The van der Waals surface area contributed by atoms with Crippen molar-refractivity contribution in [3.8, 4) is 0 Å². The van der Waals surface area contributed by atoms with Crippen LogP contribution in [-0.2, 0) is 9.53 Å². The Morgan fingerprint density at radius 1 is 1.56 bits per heavy atom. The number of hydrogen-bond acceptors (Lipinski definition) is 3. The van der Waals surface area contributed by atoms with Crippen molar-refractivity contribution < 1.29 is 9.53 Å². The summed E-state index contributed by atoms with van der Waals surface area (Å²) in [4.78, 5) is 11.8. The Labute approximate surface area is 115 Å². The smallest absolute Gasteiger partial charge is 0.250 e. The van der Waals surface area contributed by atoms with Gasteiger partial charge in [-0.05, 0) is 41.4 Å². The van der Waals surface area contributed by atoms with Gasteiger partial charge in [-0.3, -0.25) is 4.79 Å². The van der Waals surface area contributed by atoms with Gasteiger partial charge in [-0.25, -0.2) is 0 Å². The van der Waals surface area contributed by atoms with Crippen LogP contribution >= 0.6 is 15.9 Å². The first kappa shape index (κ1) is 13.5. The quantitative estimate of drug-likeness (QED) is 0.895. The molecular formula is C13H17BrN2O2. The van der Waals surface area contributed by atoms with E-state index in [1.807, 2.05) is 32.0 Å². The molecule has 0 spiro atoms. The van der Waals surface area contributed by atoms with Gasteiger partial charge in [0.25, 0.3) is 0 Å². The van der Waals surface area contributed by atoms with E-state index in [0.717, 1.165) is 28.8 Å². The Balaban J connectivity index is 1.89. The topological polar surface area (TPSA) is 50.4 Å². The molecule has 1 aromatic rings. The largest absolute Gasteiger partial charge is 0.363 e. The van der Waals surface area contributed by atoms with Gasteiger partial charge in [-0.2, -0.15) is 0 Å². The van der Waals surface area contributed by atoms with E-state index in [4.69, 9.17) is 4.74 Å². The lowest BCUT2D eigenvalue weighted by Gasteiger charge is -2.38. The van der Waals surface area contributed by atoms with Crippen LogP contribution in [-0.4, -0.2) is 31.2 Å². The summed E-state index contributed by atoms with van der Waals surface area (Å²) in [6.45, 7) is 5.66. The van der Waals surface area contributed by atoms with Gasteiger partial charge in [0.1, 0.15) is 6.61 Å². The maximum atomic E-state index is 11.8. The summed E-state index contributed by atoms with van der Waals surface area (Å²) in [5, 5.41) is 5.97. The molecule has 1 fully saturated rings. The average Bonchev–Trinajstić information content (AvgIpc) is 2.30. The summed E-state index contributed by atoms with van der Waals surface area (Å²) >= 11 is 3.46. The highest BCUT2D eigenvalue weighted by Crippen LogP contribution is 2.25. The SMILES string of the molecule is Cc1cccc(NC(=O)COC2(C)CNC2)c1Br. The number of nitrogens with one attached hydrogen (secondary N) is 2. The predicted octanol–water partition coefficient (Wildman–Crippen LogP) is 2.07. The first-order valence-corrected chi connectivity index (χ1v) is 6.69. The highest BCUT2D eigenvalue weighted by Gasteiger charge is 2.33. The molecule has 18 heavy (non-hydrogen) atoms.